The molecule has 2 amide bonds. The summed E-state index contributed by atoms with van der Waals surface area (Å²) in [4.78, 5) is 11.4. The number of nitriles is 1. The molecule has 5 heteroatoms. The number of hydrogen-bond acceptors (Lipinski definition) is 2. The number of urea groups is 1. The van der Waals surface area contributed by atoms with Gasteiger partial charge in [-0.2, -0.15) is 5.26 Å². The van der Waals surface area contributed by atoms with Crippen LogP contribution in [0.1, 0.15) is 13.8 Å². The fraction of sp³-hybridized carbons (Fsp3) is 0.273. The maximum absolute atomic E-state index is 12.6. The molecule has 0 fully saturated rings. The molecule has 16 heavy (non-hydrogen) atoms. The van der Waals surface area contributed by atoms with Crippen LogP contribution in [0, 0.1) is 17.1 Å². The van der Waals surface area contributed by atoms with Crippen LogP contribution in [0.15, 0.2) is 24.3 Å². The van der Waals surface area contributed by atoms with Crippen molar-refractivity contribution in [3.8, 4) is 6.07 Å². The lowest BCUT2D eigenvalue weighted by molar-refractivity contribution is 0.246. The summed E-state index contributed by atoms with van der Waals surface area (Å²) in [5, 5.41) is 13.7. The normalized spacial score (nSPS) is 10.4. The first-order chi connectivity index (χ1) is 7.43. The molecule has 0 saturated heterocycles. The van der Waals surface area contributed by atoms with Gasteiger partial charge in [-0.15, -0.1) is 0 Å². The van der Waals surface area contributed by atoms with Crippen LogP contribution in [0.5, 0.6) is 0 Å². The molecule has 0 aliphatic rings. The topological polar surface area (TPSA) is 64.9 Å². The largest absolute Gasteiger partial charge is 0.320 e. The van der Waals surface area contributed by atoms with Gasteiger partial charge in [-0.25, -0.2) is 9.18 Å². The first-order valence-corrected chi connectivity index (χ1v) is 4.69. The van der Waals surface area contributed by atoms with Crippen LogP contribution >= 0.6 is 0 Å². The molecule has 4 nitrogen and oxygen atoms in total. The molecule has 0 saturated carbocycles. The lowest BCUT2D eigenvalue weighted by Crippen LogP contribution is -2.44. The van der Waals surface area contributed by atoms with Crippen molar-refractivity contribution in [2.75, 3.05) is 5.32 Å². The average molecular weight is 221 g/mol. The highest BCUT2D eigenvalue weighted by Gasteiger charge is 2.18. The Bertz CT molecular complexity index is 420. The van der Waals surface area contributed by atoms with Crippen LogP contribution < -0.4 is 10.6 Å². The molecule has 0 aliphatic carbocycles. The van der Waals surface area contributed by atoms with Crippen molar-refractivity contribution >= 4 is 11.7 Å². The first-order valence-electron chi connectivity index (χ1n) is 4.69. The number of benzene rings is 1. The number of nitrogens with one attached hydrogen (secondary N) is 2. The summed E-state index contributed by atoms with van der Waals surface area (Å²) in [6.07, 6.45) is 0. The SMILES string of the molecule is CC(C)(C#N)NC(=O)Nc1ccc(F)cc1. The number of anilines is 1. The van der Waals surface area contributed by atoms with Crippen molar-refractivity contribution in [3.63, 3.8) is 0 Å². The van der Waals surface area contributed by atoms with Crippen LogP contribution in [0.2, 0.25) is 0 Å². The number of carbonyl (C=O) groups excluding carboxylic acids is 1. The number of amides is 2. The maximum atomic E-state index is 12.6. The van der Waals surface area contributed by atoms with Crippen molar-refractivity contribution in [3.05, 3.63) is 30.1 Å². The molecule has 0 spiro atoms. The number of halogens is 1. The minimum absolute atomic E-state index is 0.372. The van der Waals surface area contributed by atoms with Gasteiger partial charge in [0.1, 0.15) is 11.4 Å². The van der Waals surface area contributed by atoms with E-state index in [1.807, 2.05) is 6.07 Å². The quantitative estimate of drug-likeness (QED) is 0.804. The highest BCUT2D eigenvalue weighted by Crippen LogP contribution is 2.08. The van der Waals surface area contributed by atoms with Gasteiger partial charge in [-0.05, 0) is 38.1 Å². The Morgan fingerprint density at radius 1 is 1.38 bits per heavy atom. The third-order valence-electron chi connectivity index (χ3n) is 1.81. The smallest absolute Gasteiger partial charge is 0.320 e. The molecule has 1 rings (SSSR count). The van der Waals surface area contributed by atoms with Crippen molar-refractivity contribution in [2.45, 2.75) is 19.4 Å². The Hall–Kier alpha value is -2.09. The summed E-state index contributed by atoms with van der Waals surface area (Å²) >= 11 is 0. The second kappa shape index (κ2) is 4.62. The third kappa shape index (κ3) is 3.58. The lowest BCUT2D eigenvalue weighted by Gasteiger charge is -2.17. The van der Waals surface area contributed by atoms with Crippen molar-refractivity contribution in [2.24, 2.45) is 0 Å². The Morgan fingerprint density at radius 3 is 2.44 bits per heavy atom. The van der Waals surface area contributed by atoms with E-state index in [4.69, 9.17) is 5.26 Å². The van der Waals surface area contributed by atoms with Crippen LogP contribution in [-0.4, -0.2) is 11.6 Å². The van der Waals surface area contributed by atoms with Gasteiger partial charge in [0, 0.05) is 5.69 Å². The monoisotopic (exact) mass is 221 g/mol. The summed E-state index contributed by atoms with van der Waals surface area (Å²) in [5.41, 5.74) is -0.475. The van der Waals surface area contributed by atoms with E-state index >= 15 is 0 Å². The van der Waals surface area contributed by atoms with Gasteiger partial charge in [0.2, 0.25) is 0 Å². The molecule has 0 aliphatic heterocycles. The van der Waals surface area contributed by atoms with E-state index in [0.717, 1.165) is 0 Å². The molecular weight excluding hydrogens is 209 g/mol. The lowest BCUT2D eigenvalue weighted by atomic mass is 10.1. The maximum Gasteiger partial charge on any atom is 0.320 e. The van der Waals surface area contributed by atoms with Crippen molar-refractivity contribution in [1.29, 1.82) is 5.26 Å². The highest BCUT2D eigenvalue weighted by atomic mass is 19.1. The van der Waals surface area contributed by atoms with E-state index < -0.39 is 11.6 Å². The second-order valence-electron chi connectivity index (χ2n) is 3.82. The van der Waals surface area contributed by atoms with E-state index in [2.05, 4.69) is 10.6 Å². The van der Waals surface area contributed by atoms with Gasteiger partial charge in [-0.1, -0.05) is 0 Å². The zero-order valence-corrected chi connectivity index (χ0v) is 9.04. The summed E-state index contributed by atoms with van der Waals surface area (Å²) in [6.45, 7) is 3.16. The standard InChI is InChI=1S/C11H12FN3O/c1-11(2,7-13)15-10(16)14-9-5-3-8(12)4-6-9/h3-6H,1-2H3,(H2,14,15,16). The van der Waals surface area contributed by atoms with Crippen LogP contribution in [0.3, 0.4) is 0 Å². The fourth-order valence-corrected chi connectivity index (χ4v) is 1.01. The zero-order valence-electron chi connectivity index (χ0n) is 9.04. The predicted molar refractivity (Wildman–Crippen MR) is 58.2 cm³/mol. The van der Waals surface area contributed by atoms with Gasteiger partial charge in [0.15, 0.2) is 0 Å². The van der Waals surface area contributed by atoms with Gasteiger partial charge in [0.05, 0.1) is 6.07 Å². The van der Waals surface area contributed by atoms with E-state index in [1.54, 1.807) is 13.8 Å². The molecule has 0 aromatic heterocycles. The minimum Gasteiger partial charge on any atom is -0.320 e. The summed E-state index contributed by atoms with van der Waals surface area (Å²) in [7, 11) is 0. The summed E-state index contributed by atoms with van der Waals surface area (Å²) in [6, 6.07) is 6.79. The molecule has 84 valence electrons. The van der Waals surface area contributed by atoms with Gasteiger partial charge in [-0.3, -0.25) is 0 Å². The predicted octanol–water partition coefficient (Wildman–Crippen LogP) is 2.25. The van der Waals surface area contributed by atoms with Gasteiger partial charge in [0.25, 0.3) is 0 Å². The van der Waals surface area contributed by atoms with E-state index in [9.17, 15) is 9.18 Å². The summed E-state index contributed by atoms with van der Waals surface area (Å²) in [5.74, 6) is -0.372. The Morgan fingerprint density at radius 2 is 1.94 bits per heavy atom. The number of rotatable bonds is 2. The van der Waals surface area contributed by atoms with Crippen LogP contribution in [-0.2, 0) is 0 Å². The Labute approximate surface area is 93.1 Å². The Balaban J connectivity index is 2.59. The van der Waals surface area contributed by atoms with E-state index in [1.165, 1.54) is 24.3 Å². The van der Waals surface area contributed by atoms with Crippen molar-refractivity contribution < 1.29 is 9.18 Å². The third-order valence-corrected chi connectivity index (χ3v) is 1.81. The molecular formula is C11H12FN3O. The molecule has 2 N–H and O–H groups in total. The Kier molecular flexibility index (Phi) is 3.46. The molecule has 1 aromatic carbocycles. The molecule has 0 unspecified atom stereocenters. The molecule has 0 bridgehead atoms. The molecule has 0 radical (unpaired) electrons. The number of hydrogen-bond donors (Lipinski definition) is 2. The van der Waals surface area contributed by atoms with Gasteiger partial charge >= 0.3 is 6.03 Å². The molecule has 0 atom stereocenters. The van der Waals surface area contributed by atoms with Crippen LogP contribution in [0.4, 0.5) is 14.9 Å². The first kappa shape index (κ1) is 12.0. The number of carbonyl (C=O) groups is 1. The van der Waals surface area contributed by atoms with Crippen molar-refractivity contribution in [1.82, 2.24) is 5.32 Å². The second-order valence-corrected chi connectivity index (χ2v) is 3.82. The molecule has 1 aromatic rings. The van der Waals surface area contributed by atoms with E-state index in [-0.39, 0.29) is 5.82 Å². The number of nitrogens with zero attached hydrogens (tertiary/aromatic N) is 1. The fourth-order valence-electron chi connectivity index (χ4n) is 1.01. The summed E-state index contributed by atoms with van der Waals surface area (Å²) < 4.78 is 12.6. The van der Waals surface area contributed by atoms with Crippen LogP contribution in [0.25, 0.3) is 0 Å². The zero-order chi connectivity index (χ0) is 12.2. The van der Waals surface area contributed by atoms with E-state index in [0.29, 0.717) is 5.69 Å². The highest BCUT2D eigenvalue weighted by molar-refractivity contribution is 5.89. The van der Waals surface area contributed by atoms with Gasteiger partial charge < -0.3 is 10.6 Å². The molecule has 0 heterocycles. The minimum atomic E-state index is -0.940. The average Bonchev–Trinajstić information content (AvgIpc) is 2.21.